The summed E-state index contributed by atoms with van der Waals surface area (Å²) in [4.78, 5) is 19.8. The van der Waals surface area contributed by atoms with Gasteiger partial charge in [-0.15, -0.1) is 12.8 Å². The first kappa shape index (κ1) is 13.1. The van der Waals surface area contributed by atoms with Crippen molar-refractivity contribution in [2.45, 2.75) is 25.7 Å². The average Bonchev–Trinajstić information content (AvgIpc) is 2.02. The topological polar surface area (TPSA) is 74.6 Å². The lowest BCUT2D eigenvalue weighted by molar-refractivity contribution is -0.139. The number of hydrogen-bond donors (Lipinski definition) is 2. The molecule has 0 radical (unpaired) electrons. The zero-order valence-corrected chi connectivity index (χ0v) is 6.69. The molecular weight excluding hydrogens is 160 g/mol. The Labute approximate surface area is 71.2 Å². The van der Waals surface area contributed by atoms with Crippen molar-refractivity contribution in [1.82, 2.24) is 0 Å². The van der Waals surface area contributed by atoms with Crippen molar-refractivity contribution in [2.75, 3.05) is 0 Å². The van der Waals surface area contributed by atoms with Crippen molar-refractivity contribution in [3.8, 4) is 12.8 Å². The Hall–Kier alpha value is -1.50. The number of terminal acetylenes is 1. The molecule has 0 saturated carbocycles. The lowest BCUT2D eigenvalue weighted by Crippen LogP contribution is -1.97. The van der Waals surface area contributed by atoms with Gasteiger partial charge in [0, 0.05) is 12.8 Å². The maximum absolute atomic E-state index is 9.90. The number of carboxylic acids is 2. The summed E-state index contributed by atoms with van der Waals surface area (Å²) >= 11 is 0. The van der Waals surface area contributed by atoms with Crippen LogP contribution in [0.3, 0.4) is 0 Å². The SMILES string of the molecule is C#C.O=C(O)CCCCC(=O)O. The van der Waals surface area contributed by atoms with Crippen LogP contribution < -0.4 is 0 Å². The summed E-state index contributed by atoms with van der Waals surface area (Å²) in [5.41, 5.74) is 0. The number of unbranched alkanes of at least 4 members (excludes halogenated alkanes) is 1. The van der Waals surface area contributed by atoms with Crippen LogP contribution in [0.25, 0.3) is 0 Å². The largest absolute Gasteiger partial charge is 0.481 e. The smallest absolute Gasteiger partial charge is 0.303 e. The Morgan fingerprint density at radius 2 is 1.17 bits per heavy atom. The van der Waals surface area contributed by atoms with E-state index in [2.05, 4.69) is 12.8 Å². The van der Waals surface area contributed by atoms with Crippen molar-refractivity contribution in [3.05, 3.63) is 0 Å². The number of rotatable bonds is 5. The molecule has 4 heteroatoms. The minimum atomic E-state index is -0.870. The van der Waals surface area contributed by atoms with Gasteiger partial charge in [-0.3, -0.25) is 9.59 Å². The molecule has 0 aromatic rings. The Kier molecular flexibility index (Phi) is 10.4. The Morgan fingerprint density at radius 3 is 1.33 bits per heavy atom. The van der Waals surface area contributed by atoms with E-state index in [0.29, 0.717) is 12.8 Å². The zero-order chi connectivity index (χ0) is 9.98. The fourth-order valence-corrected chi connectivity index (χ4v) is 0.552. The Bertz CT molecular complexity index is 144. The predicted molar refractivity (Wildman–Crippen MR) is 43.6 cm³/mol. The van der Waals surface area contributed by atoms with Gasteiger partial charge in [0.05, 0.1) is 0 Å². The van der Waals surface area contributed by atoms with Gasteiger partial charge < -0.3 is 10.2 Å². The maximum Gasteiger partial charge on any atom is 0.303 e. The molecular formula is C8H12O4. The zero-order valence-electron chi connectivity index (χ0n) is 6.69. The maximum atomic E-state index is 9.90. The molecule has 0 unspecified atom stereocenters. The summed E-state index contributed by atoms with van der Waals surface area (Å²) in [6.07, 6.45) is 9.02. The molecule has 4 nitrogen and oxygen atoms in total. The van der Waals surface area contributed by atoms with E-state index < -0.39 is 11.9 Å². The molecule has 0 rings (SSSR count). The third-order valence-corrected chi connectivity index (χ3v) is 1.03. The van der Waals surface area contributed by atoms with E-state index in [1.54, 1.807) is 0 Å². The van der Waals surface area contributed by atoms with Gasteiger partial charge in [-0.1, -0.05) is 0 Å². The summed E-state index contributed by atoms with van der Waals surface area (Å²) < 4.78 is 0. The van der Waals surface area contributed by atoms with Crippen molar-refractivity contribution in [1.29, 1.82) is 0 Å². The first-order valence-electron chi connectivity index (χ1n) is 3.40. The van der Waals surface area contributed by atoms with Crippen LogP contribution in [0.4, 0.5) is 0 Å². The van der Waals surface area contributed by atoms with Crippen LogP contribution in [-0.4, -0.2) is 22.2 Å². The minimum Gasteiger partial charge on any atom is -0.481 e. The van der Waals surface area contributed by atoms with Crippen LogP contribution >= 0.6 is 0 Å². The molecule has 0 aromatic carbocycles. The van der Waals surface area contributed by atoms with Crippen LogP contribution in [0.15, 0.2) is 0 Å². The summed E-state index contributed by atoms with van der Waals surface area (Å²) in [6, 6.07) is 0. The van der Waals surface area contributed by atoms with E-state index in [9.17, 15) is 9.59 Å². The standard InChI is InChI=1S/C6H10O4.C2H2/c7-5(8)3-1-2-4-6(9)10;1-2/h1-4H2,(H,7,8)(H,9,10);1-2H. The van der Waals surface area contributed by atoms with Crippen LogP contribution in [0, 0.1) is 12.8 Å². The predicted octanol–water partition coefficient (Wildman–Crippen LogP) is 0.965. The average molecular weight is 172 g/mol. The molecule has 0 aliphatic rings. The summed E-state index contributed by atoms with van der Waals surface area (Å²) in [6.45, 7) is 0. The van der Waals surface area contributed by atoms with Crippen LogP contribution in [0.1, 0.15) is 25.7 Å². The van der Waals surface area contributed by atoms with Gasteiger partial charge in [0.1, 0.15) is 0 Å². The third-order valence-electron chi connectivity index (χ3n) is 1.03. The highest BCUT2D eigenvalue weighted by atomic mass is 16.4. The highest BCUT2D eigenvalue weighted by Crippen LogP contribution is 1.98. The molecule has 0 atom stereocenters. The lowest BCUT2D eigenvalue weighted by Gasteiger charge is -1.92. The van der Waals surface area contributed by atoms with E-state index in [-0.39, 0.29) is 12.8 Å². The normalized spacial score (nSPS) is 7.83. The second-order valence-corrected chi connectivity index (χ2v) is 1.99. The van der Waals surface area contributed by atoms with Gasteiger partial charge in [0.25, 0.3) is 0 Å². The van der Waals surface area contributed by atoms with Gasteiger partial charge in [-0.05, 0) is 12.8 Å². The highest BCUT2D eigenvalue weighted by Gasteiger charge is 1.99. The molecule has 0 bridgehead atoms. The van der Waals surface area contributed by atoms with Crippen molar-refractivity contribution >= 4 is 11.9 Å². The Morgan fingerprint density at radius 1 is 0.917 bits per heavy atom. The third kappa shape index (κ3) is 15.8. The summed E-state index contributed by atoms with van der Waals surface area (Å²) in [5, 5.41) is 16.3. The van der Waals surface area contributed by atoms with Crippen LogP contribution in [0.2, 0.25) is 0 Å². The Balaban J connectivity index is 0. The van der Waals surface area contributed by atoms with Crippen molar-refractivity contribution in [3.63, 3.8) is 0 Å². The lowest BCUT2D eigenvalue weighted by atomic mass is 10.2. The van der Waals surface area contributed by atoms with E-state index in [1.165, 1.54) is 0 Å². The van der Waals surface area contributed by atoms with Gasteiger partial charge in [0.15, 0.2) is 0 Å². The molecule has 68 valence electrons. The monoisotopic (exact) mass is 172 g/mol. The molecule has 0 heterocycles. The van der Waals surface area contributed by atoms with E-state index in [1.807, 2.05) is 0 Å². The summed E-state index contributed by atoms with van der Waals surface area (Å²) in [5.74, 6) is -1.74. The number of hydrogen-bond acceptors (Lipinski definition) is 2. The minimum absolute atomic E-state index is 0.0628. The van der Waals surface area contributed by atoms with Gasteiger partial charge in [0.2, 0.25) is 0 Å². The van der Waals surface area contributed by atoms with Gasteiger partial charge >= 0.3 is 11.9 Å². The van der Waals surface area contributed by atoms with Gasteiger partial charge in [-0.2, -0.15) is 0 Å². The molecule has 0 spiro atoms. The fourth-order valence-electron chi connectivity index (χ4n) is 0.552. The second kappa shape index (κ2) is 9.50. The molecule has 0 aliphatic heterocycles. The molecule has 0 amide bonds. The number of carboxylic acid groups (broad SMARTS) is 2. The second-order valence-electron chi connectivity index (χ2n) is 1.99. The van der Waals surface area contributed by atoms with Crippen molar-refractivity contribution in [2.24, 2.45) is 0 Å². The molecule has 12 heavy (non-hydrogen) atoms. The van der Waals surface area contributed by atoms with E-state index in [0.717, 1.165) is 0 Å². The van der Waals surface area contributed by atoms with E-state index >= 15 is 0 Å². The molecule has 0 saturated heterocycles. The first-order valence-corrected chi connectivity index (χ1v) is 3.40. The van der Waals surface area contributed by atoms with Gasteiger partial charge in [-0.25, -0.2) is 0 Å². The fraction of sp³-hybridized carbons (Fsp3) is 0.500. The summed E-state index contributed by atoms with van der Waals surface area (Å²) in [7, 11) is 0. The highest BCUT2D eigenvalue weighted by molar-refractivity contribution is 5.67. The van der Waals surface area contributed by atoms with Crippen molar-refractivity contribution < 1.29 is 19.8 Å². The van der Waals surface area contributed by atoms with E-state index in [4.69, 9.17) is 10.2 Å². The molecule has 0 fully saturated rings. The van der Waals surface area contributed by atoms with Crippen LogP contribution in [0.5, 0.6) is 0 Å². The van der Waals surface area contributed by atoms with Crippen LogP contribution in [-0.2, 0) is 9.59 Å². The number of aliphatic carboxylic acids is 2. The molecule has 0 aromatic heterocycles. The number of carbonyl (C=O) groups is 2. The first-order chi connectivity index (χ1) is 5.63. The molecule has 0 aliphatic carbocycles. The quantitative estimate of drug-likeness (QED) is 0.478. The molecule has 2 N–H and O–H groups in total.